The third-order valence-corrected chi connectivity index (χ3v) is 5.72. The molecule has 0 radical (unpaired) electrons. The van der Waals surface area contributed by atoms with Gasteiger partial charge in [0.2, 0.25) is 0 Å². The molecule has 0 N–H and O–H groups in total. The van der Waals surface area contributed by atoms with Crippen LogP contribution in [0.25, 0.3) is 0 Å². The molecule has 2 aromatic rings. The second kappa shape index (κ2) is 6.91. The fraction of sp³-hybridized carbons (Fsp3) is 0.389. The highest BCUT2D eigenvalue weighted by Crippen LogP contribution is 2.35. The van der Waals surface area contributed by atoms with Gasteiger partial charge in [0, 0.05) is 56.9 Å². The van der Waals surface area contributed by atoms with Crippen molar-refractivity contribution in [2.75, 3.05) is 44.2 Å². The van der Waals surface area contributed by atoms with Gasteiger partial charge in [0.05, 0.1) is 0 Å². The fourth-order valence-electron chi connectivity index (χ4n) is 3.20. The lowest BCUT2D eigenvalue weighted by atomic mass is 10.2. The van der Waals surface area contributed by atoms with Crippen molar-refractivity contribution in [3.8, 4) is 0 Å². The Hall–Kier alpha value is -1.56. The number of pyridine rings is 1. The van der Waals surface area contributed by atoms with Gasteiger partial charge < -0.3 is 4.90 Å². The minimum atomic E-state index is 1.07. The average molecular weight is 326 g/mol. The van der Waals surface area contributed by atoms with Crippen molar-refractivity contribution in [2.24, 2.45) is 0 Å². The maximum Gasteiger partial charge on any atom is 0.128 e. The van der Waals surface area contributed by atoms with Crippen molar-refractivity contribution in [1.82, 2.24) is 14.2 Å². The largest absolute Gasteiger partial charge is 0.354 e. The van der Waals surface area contributed by atoms with Crippen LogP contribution >= 0.6 is 11.9 Å². The average Bonchev–Trinajstić information content (AvgIpc) is 3.04. The van der Waals surface area contributed by atoms with Gasteiger partial charge in [-0.05, 0) is 35.7 Å². The second-order valence-corrected chi connectivity index (χ2v) is 7.22. The van der Waals surface area contributed by atoms with Crippen LogP contribution < -0.4 is 4.90 Å². The summed E-state index contributed by atoms with van der Waals surface area (Å²) in [6.07, 6.45) is 1.88. The molecule has 2 aliphatic rings. The molecule has 0 aliphatic carbocycles. The highest BCUT2D eigenvalue weighted by Gasteiger charge is 2.22. The summed E-state index contributed by atoms with van der Waals surface area (Å²) in [5, 5.41) is 0. The quantitative estimate of drug-likeness (QED) is 0.804. The van der Waals surface area contributed by atoms with Gasteiger partial charge in [-0.1, -0.05) is 24.3 Å². The van der Waals surface area contributed by atoms with Crippen molar-refractivity contribution in [3.63, 3.8) is 0 Å². The van der Waals surface area contributed by atoms with E-state index in [1.165, 1.54) is 10.5 Å². The molecule has 4 nitrogen and oxygen atoms in total. The Kier molecular flexibility index (Phi) is 4.50. The minimum absolute atomic E-state index is 1.07. The summed E-state index contributed by atoms with van der Waals surface area (Å²) < 4.78 is 2.48. The van der Waals surface area contributed by atoms with Crippen molar-refractivity contribution >= 4 is 17.8 Å². The molecule has 0 unspecified atom stereocenters. The van der Waals surface area contributed by atoms with E-state index in [2.05, 4.69) is 55.5 Å². The summed E-state index contributed by atoms with van der Waals surface area (Å²) in [6.45, 7) is 7.76. The molecule has 0 saturated carbocycles. The third-order valence-electron chi connectivity index (χ3n) is 4.56. The second-order valence-electron chi connectivity index (χ2n) is 6.08. The van der Waals surface area contributed by atoms with Gasteiger partial charge in [0.25, 0.3) is 0 Å². The first kappa shape index (κ1) is 15.0. The molecule has 23 heavy (non-hydrogen) atoms. The molecule has 1 aromatic carbocycles. The number of anilines is 1. The normalized spacial score (nSPS) is 19.0. The van der Waals surface area contributed by atoms with Crippen LogP contribution in [0.4, 0.5) is 5.82 Å². The number of rotatable bonds is 4. The van der Waals surface area contributed by atoms with E-state index in [1.807, 2.05) is 24.2 Å². The molecule has 0 amide bonds. The van der Waals surface area contributed by atoms with E-state index < -0.39 is 0 Å². The molecule has 1 saturated heterocycles. The van der Waals surface area contributed by atoms with Crippen LogP contribution in [0.2, 0.25) is 0 Å². The molecular formula is C18H22N4S. The molecule has 5 heteroatoms. The number of hydrogen-bond acceptors (Lipinski definition) is 5. The highest BCUT2D eigenvalue weighted by atomic mass is 32.2. The first-order valence-electron chi connectivity index (χ1n) is 8.28. The van der Waals surface area contributed by atoms with Crippen LogP contribution in [0.5, 0.6) is 0 Å². The Balaban J connectivity index is 1.23. The fourth-order valence-corrected chi connectivity index (χ4v) is 4.25. The minimum Gasteiger partial charge on any atom is -0.354 e. The molecule has 2 aliphatic heterocycles. The Morgan fingerprint density at radius 3 is 2.52 bits per heavy atom. The van der Waals surface area contributed by atoms with Crippen molar-refractivity contribution in [3.05, 3.63) is 54.2 Å². The number of fused-ring (bicyclic) bond motifs is 1. The lowest BCUT2D eigenvalue weighted by Crippen LogP contribution is -2.48. The predicted octanol–water partition coefficient (Wildman–Crippen LogP) is 2.73. The topological polar surface area (TPSA) is 22.6 Å². The lowest BCUT2D eigenvalue weighted by Gasteiger charge is -2.35. The van der Waals surface area contributed by atoms with E-state index in [1.54, 1.807) is 0 Å². The SMILES string of the molecule is c1ccc(N2CCN(CCN3Cc4ccccc4S3)CC2)nc1. The maximum atomic E-state index is 4.46. The van der Waals surface area contributed by atoms with Crippen LogP contribution in [0.1, 0.15) is 5.56 Å². The Morgan fingerprint density at radius 2 is 1.74 bits per heavy atom. The van der Waals surface area contributed by atoms with E-state index in [-0.39, 0.29) is 0 Å². The molecule has 4 rings (SSSR count). The van der Waals surface area contributed by atoms with Gasteiger partial charge >= 0.3 is 0 Å². The number of piperazine rings is 1. The van der Waals surface area contributed by atoms with E-state index in [0.717, 1.165) is 51.6 Å². The number of hydrogen-bond donors (Lipinski definition) is 0. The van der Waals surface area contributed by atoms with Crippen LogP contribution in [-0.4, -0.2) is 53.5 Å². The van der Waals surface area contributed by atoms with E-state index in [4.69, 9.17) is 0 Å². The molecule has 0 atom stereocenters. The first-order valence-corrected chi connectivity index (χ1v) is 9.05. The van der Waals surface area contributed by atoms with Gasteiger partial charge in [0.15, 0.2) is 0 Å². The van der Waals surface area contributed by atoms with Gasteiger partial charge in [-0.15, -0.1) is 0 Å². The zero-order valence-corrected chi connectivity index (χ0v) is 14.1. The highest BCUT2D eigenvalue weighted by molar-refractivity contribution is 7.97. The van der Waals surface area contributed by atoms with Crippen molar-refractivity contribution in [2.45, 2.75) is 11.4 Å². The lowest BCUT2D eigenvalue weighted by molar-refractivity contribution is 0.240. The number of benzene rings is 1. The van der Waals surface area contributed by atoms with E-state index in [0.29, 0.717) is 0 Å². The molecule has 0 spiro atoms. The maximum absolute atomic E-state index is 4.46. The van der Waals surface area contributed by atoms with Gasteiger partial charge in [-0.2, -0.15) is 0 Å². The summed E-state index contributed by atoms with van der Waals surface area (Å²) >= 11 is 1.91. The van der Waals surface area contributed by atoms with E-state index >= 15 is 0 Å². The van der Waals surface area contributed by atoms with Crippen molar-refractivity contribution < 1.29 is 0 Å². The number of aromatic nitrogens is 1. The molecule has 120 valence electrons. The third kappa shape index (κ3) is 3.52. The van der Waals surface area contributed by atoms with Gasteiger partial charge in [-0.25, -0.2) is 9.29 Å². The van der Waals surface area contributed by atoms with Crippen molar-refractivity contribution in [1.29, 1.82) is 0 Å². The molecule has 3 heterocycles. The standard InChI is InChI=1S/C18H22N4S/c1-2-6-17-16(5-1)15-22(23-17)14-11-20-9-12-21(13-10-20)18-7-3-4-8-19-18/h1-8H,9-15H2. The van der Waals surface area contributed by atoms with Crippen LogP contribution in [0.15, 0.2) is 53.6 Å². The molecule has 1 fully saturated rings. The monoisotopic (exact) mass is 326 g/mol. The Bertz CT molecular complexity index is 615. The first-order chi connectivity index (χ1) is 11.4. The molecular weight excluding hydrogens is 304 g/mol. The zero-order valence-electron chi connectivity index (χ0n) is 13.3. The summed E-state index contributed by atoms with van der Waals surface area (Å²) in [6, 6.07) is 14.9. The Morgan fingerprint density at radius 1 is 0.913 bits per heavy atom. The van der Waals surface area contributed by atoms with Crippen LogP contribution in [0.3, 0.4) is 0 Å². The van der Waals surface area contributed by atoms with Gasteiger partial charge in [0.1, 0.15) is 5.82 Å². The molecule has 0 bridgehead atoms. The molecule has 1 aromatic heterocycles. The zero-order chi connectivity index (χ0) is 15.5. The number of nitrogens with zero attached hydrogens (tertiary/aromatic N) is 4. The van der Waals surface area contributed by atoms with Crippen LogP contribution in [-0.2, 0) is 6.54 Å². The van der Waals surface area contributed by atoms with Gasteiger partial charge in [-0.3, -0.25) is 4.90 Å². The Labute approximate surface area is 142 Å². The summed E-state index contributed by atoms with van der Waals surface area (Å²) in [5.41, 5.74) is 1.47. The summed E-state index contributed by atoms with van der Waals surface area (Å²) in [4.78, 5) is 10.8. The summed E-state index contributed by atoms with van der Waals surface area (Å²) in [5.74, 6) is 1.11. The smallest absolute Gasteiger partial charge is 0.128 e. The van der Waals surface area contributed by atoms with E-state index in [9.17, 15) is 0 Å². The summed E-state index contributed by atoms with van der Waals surface area (Å²) in [7, 11) is 0. The predicted molar refractivity (Wildman–Crippen MR) is 95.6 cm³/mol. The van der Waals surface area contributed by atoms with Crippen LogP contribution in [0, 0.1) is 0 Å².